The van der Waals surface area contributed by atoms with Crippen molar-refractivity contribution in [2.45, 2.75) is 32.2 Å². The Morgan fingerprint density at radius 1 is 1.47 bits per heavy atom. The second kappa shape index (κ2) is 7.37. The molecule has 0 saturated carbocycles. The lowest BCUT2D eigenvalue weighted by atomic mass is 10.1. The highest BCUT2D eigenvalue weighted by molar-refractivity contribution is 6.42. The zero-order valence-electron chi connectivity index (χ0n) is 11.0. The van der Waals surface area contributed by atoms with Crippen LogP contribution in [0.25, 0.3) is 0 Å². The lowest BCUT2D eigenvalue weighted by Gasteiger charge is -2.23. The van der Waals surface area contributed by atoms with E-state index in [1.807, 2.05) is 19.1 Å². The Balaban J connectivity index is 2.59. The van der Waals surface area contributed by atoms with Crippen molar-refractivity contribution < 1.29 is 4.79 Å². The van der Waals surface area contributed by atoms with E-state index in [1.165, 1.54) is 0 Å². The standard InChI is InChI=1S/C14H16Cl2N2O/c1-10(8-9-17)18(2)13(19)7-6-11-4-3-5-12(15)14(11)16/h3-5,10H,6-8H2,1-2H3. The first kappa shape index (κ1) is 15.8. The van der Waals surface area contributed by atoms with Crippen molar-refractivity contribution in [3.8, 4) is 6.07 Å². The number of nitrogens with zero attached hydrogens (tertiary/aromatic N) is 2. The van der Waals surface area contributed by atoms with Gasteiger partial charge in [-0.25, -0.2) is 0 Å². The van der Waals surface area contributed by atoms with E-state index >= 15 is 0 Å². The predicted octanol–water partition coefficient (Wildman–Crippen LogP) is 3.69. The smallest absolute Gasteiger partial charge is 0.222 e. The van der Waals surface area contributed by atoms with Gasteiger partial charge in [-0.3, -0.25) is 4.79 Å². The summed E-state index contributed by atoms with van der Waals surface area (Å²) in [5.74, 6) is -0.00112. The van der Waals surface area contributed by atoms with Crippen LogP contribution in [0.1, 0.15) is 25.3 Å². The van der Waals surface area contributed by atoms with E-state index in [0.717, 1.165) is 5.56 Å². The molecule has 0 radical (unpaired) electrons. The van der Waals surface area contributed by atoms with E-state index in [4.69, 9.17) is 28.5 Å². The summed E-state index contributed by atoms with van der Waals surface area (Å²) in [5.41, 5.74) is 0.865. The van der Waals surface area contributed by atoms with Gasteiger partial charge in [0.25, 0.3) is 0 Å². The molecule has 0 aliphatic carbocycles. The second-order valence-corrected chi connectivity index (χ2v) is 5.21. The average molecular weight is 299 g/mol. The molecule has 0 aliphatic rings. The van der Waals surface area contributed by atoms with Crippen molar-refractivity contribution >= 4 is 29.1 Å². The molecule has 0 bridgehead atoms. The van der Waals surface area contributed by atoms with Crippen LogP contribution in [-0.2, 0) is 11.2 Å². The minimum atomic E-state index is -0.0765. The highest BCUT2D eigenvalue weighted by atomic mass is 35.5. The van der Waals surface area contributed by atoms with Crippen LogP contribution in [0.2, 0.25) is 10.0 Å². The Kier molecular flexibility index (Phi) is 6.14. The molecule has 0 saturated heterocycles. The topological polar surface area (TPSA) is 44.1 Å². The molecular weight excluding hydrogens is 283 g/mol. The lowest BCUT2D eigenvalue weighted by Crippen LogP contribution is -2.34. The molecule has 1 aromatic carbocycles. The Morgan fingerprint density at radius 2 is 2.16 bits per heavy atom. The number of halogens is 2. The van der Waals surface area contributed by atoms with E-state index < -0.39 is 0 Å². The van der Waals surface area contributed by atoms with Crippen LogP contribution in [0.3, 0.4) is 0 Å². The zero-order valence-corrected chi connectivity index (χ0v) is 12.5. The summed E-state index contributed by atoms with van der Waals surface area (Å²) in [4.78, 5) is 13.6. The summed E-state index contributed by atoms with van der Waals surface area (Å²) in [7, 11) is 1.71. The number of carbonyl (C=O) groups excluding carboxylic acids is 1. The summed E-state index contributed by atoms with van der Waals surface area (Å²) in [6.07, 6.45) is 1.23. The van der Waals surface area contributed by atoms with Gasteiger partial charge in [-0.05, 0) is 25.0 Å². The maximum atomic E-state index is 12.0. The molecule has 0 fully saturated rings. The van der Waals surface area contributed by atoms with Crippen LogP contribution in [0, 0.1) is 11.3 Å². The lowest BCUT2D eigenvalue weighted by molar-refractivity contribution is -0.131. The maximum absolute atomic E-state index is 12.0. The minimum absolute atomic E-state index is 0.00112. The van der Waals surface area contributed by atoms with Gasteiger partial charge in [0, 0.05) is 19.5 Å². The van der Waals surface area contributed by atoms with Gasteiger partial charge in [0.2, 0.25) is 5.91 Å². The van der Waals surface area contributed by atoms with Crippen LogP contribution in [-0.4, -0.2) is 23.9 Å². The molecule has 0 spiro atoms. The number of rotatable bonds is 5. The fourth-order valence-electron chi connectivity index (χ4n) is 1.67. The molecule has 1 rings (SSSR count). The predicted molar refractivity (Wildman–Crippen MR) is 77.2 cm³/mol. The molecule has 0 heterocycles. The Bertz CT molecular complexity index is 497. The van der Waals surface area contributed by atoms with Gasteiger partial charge in [0.1, 0.15) is 0 Å². The van der Waals surface area contributed by atoms with Gasteiger partial charge in [0.15, 0.2) is 0 Å². The van der Waals surface area contributed by atoms with Gasteiger partial charge in [-0.2, -0.15) is 5.26 Å². The maximum Gasteiger partial charge on any atom is 0.222 e. The molecule has 19 heavy (non-hydrogen) atoms. The van der Waals surface area contributed by atoms with Crippen molar-refractivity contribution in [1.82, 2.24) is 4.90 Å². The number of hydrogen-bond acceptors (Lipinski definition) is 2. The van der Waals surface area contributed by atoms with Gasteiger partial charge in [0.05, 0.1) is 22.5 Å². The van der Waals surface area contributed by atoms with Crippen molar-refractivity contribution in [2.75, 3.05) is 7.05 Å². The Labute approximate surface area is 123 Å². The van der Waals surface area contributed by atoms with Crippen LogP contribution < -0.4 is 0 Å². The van der Waals surface area contributed by atoms with Crippen molar-refractivity contribution in [1.29, 1.82) is 5.26 Å². The molecule has 1 amide bonds. The van der Waals surface area contributed by atoms with E-state index in [9.17, 15) is 4.79 Å². The molecule has 0 aliphatic heterocycles. The Hall–Kier alpha value is -1.24. The molecule has 1 aromatic rings. The third kappa shape index (κ3) is 4.41. The number of amides is 1. The SMILES string of the molecule is CC(CC#N)N(C)C(=O)CCc1cccc(Cl)c1Cl. The van der Waals surface area contributed by atoms with Crippen LogP contribution >= 0.6 is 23.2 Å². The average Bonchev–Trinajstić information content (AvgIpc) is 2.39. The molecule has 1 unspecified atom stereocenters. The molecule has 0 aromatic heterocycles. The fourth-order valence-corrected chi connectivity index (χ4v) is 2.09. The number of benzene rings is 1. The quantitative estimate of drug-likeness (QED) is 0.832. The van der Waals surface area contributed by atoms with Gasteiger partial charge < -0.3 is 4.90 Å². The highest BCUT2D eigenvalue weighted by Gasteiger charge is 2.16. The monoisotopic (exact) mass is 298 g/mol. The largest absolute Gasteiger partial charge is 0.342 e. The number of nitriles is 1. The first-order valence-electron chi connectivity index (χ1n) is 6.02. The van der Waals surface area contributed by atoms with Crippen molar-refractivity contribution in [3.63, 3.8) is 0 Å². The summed E-state index contributed by atoms with van der Waals surface area (Å²) in [5, 5.41) is 9.62. The molecular formula is C14H16Cl2N2O. The van der Waals surface area contributed by atoms with Crippen molar-refractivity contribution in [3.05, 3.63) is 33.8 Å². The molecule has 3 nitrogen and oxygen atoms in total. The van der Waals surface area contributed by atoms with Gasteiger partial charge >= 0.3 is 0 Å². The van der Waals surface area contributed by atoms with Gasteiger partial charge in [-0.1, -0.05) is 35.3 Å². The van der Waals surface area contributed by atoms with E-state index in [-0.39, 0.29) is 11.9 Å². The van der Waals surface area contributed by atoms with E-state index in [1.54, 1.807) is 18.0 Å². The van der Waals surface area contributed by atoms with Crippen LogP contribution in [0.5, 0.6) is 0 Å². The Morgan fingerprint density at radius 3 is 2.79 bits per heavy atom. The fraction of sp³-hybridized carbons (Fsp3) is 0.429. The van der Waals surface area contributed by atoms with E-state index in [2.05, 4.69) is 6.07 Å². The number of aryl methyl sites for hydroxylation is 1. The second-order valence-electron chi connectivity index (χ2n) is 4.43. The summed E-state index contributed by atoms with van der Waals surface area (Å²) in [6, 6.07) is 7.38. The minimum Gasteiger partial charge on any atom is -0.342 e. The van der Waals surface area contributed by atoms with E-state index in [0.29, 0.717) is 29.3 Å². The number of hydrogen-bond donors (Lipinski definition) is 0. The van der Waals surface area contributed by atoms with Crippen LogP contribution in [0.15, 0.2) is 18.2 Å². The van der Waals surface area contributed by atoms with Gasteiger partial charge in [-0.15, -0.1) is 0 Å². The van der Waals surface area contributed by atoms with Crippen LogP contribution in [0.4, 0.5) is 0 Å². The number of carbonyl (C=O) groups is 1. The third-order valence-electron chi connectivity index (χ3n) is 3.08. The summed E-state index contributed by atoms with van der Waals surface area (Å²) in [6.45, 7) is 1.85. The van der Waals surface area contributed by atoms with Crippen molar-refractivity contribution in [2.24, 2.45) is 0 Å². The summed E-state index contributed by atoms with van der Waals surface area (Å²) < 4.78 is 0. The highest BCUT2D eigenvalue weighted by Crippen LogP contribution is 2.26. The zero-order chi connectivity index (χ0) is 14.4. The summed E-state index contributed by atoms with van der Waals surface area (Å²) >= 11 is 12.0. The third-order valence-corrected chi connectivity index (χ3v) is 3.94. The normalized spacial score (nSPS) is 11.7. The molecule has 102 valence electrons. The first-order valence-corrected chi connectivity index (χ1v) is 6.78. The molecule has 1 atom stereocenters. The first-order chi connectivity index (χ1) is 8.97. The molecule has 0 N–H and O–H groups in total. The molecule has 5 heteroatoms.